The van der Waals surface area contributed by atoms with Gasteiger partial charge in [0.25, 0.3) is 0 Å². The third-order valence-electron chi connectivity index (χ3n) is 5.19. The highest BCUT2D eigenvalue weighted by molar-refractivity contribution is 7.16. The normalized spacial score (nSPS) is 21.3. The van der Waals surface area contributed by atoms with Gasteiger partial charge < -0.3 is 29.9 Å². The van der Waals surface area contributed by atoms with E-state index in [4.69, 9.17) is 9.47 Å². The second kappa shape index (κ2) is 13.4. The van der Waals surface area contributed by atoms with Crippen LogP contribution in [0.4, 0.5) is 0 Å². The number of ether oxygens (including phenoxy) is 2. The minimum atomic E-state index is -1.31. The van der Waals surface area contributed by atoms with Crippen LogP contribution in [0.15, 0.2) is 0 Å². The summed E-state index contributed by atoms with van der Waals surface area (Å²) in [6.07, 6.45) is -2.89. The Labute approximate surface area is 167 Å². The SMILES string of the molecule is CCC(OC(O)C(C)O)C(CCP)(C(CC)OC(O)C(C)O)N(CC)CC. The van der Waals surface area contributed by atoms with E-state index in [1.54, 1.807) is 0 Å². The molecular formula is C19H42NO6P. The monoisotopic (exact) mass is 411 g/mol. The fourth-order valence-electron chi connectivity index (χ4n) is 3.84. The van der Waals surface area contributed by atoms with Crippen molar-refractivity contribution in [2.75, 3.05) is 19.3 Å². The summed E-state index contributed by atoms with van der Waals surface area (Å²) in [4.78, 5) is 2.24. The van der Waals surface area contributed by atoms with Crippen LogP contribution in [0.2, 0.25) is 0 Å². The third-order valence-corrected chi connectivity index (χ3v) is 5.48. The van der Waals surface area contributed by atoms with Gasteiger partial charge in [-0.1, -0.05) is 27.7 Å². The molecule has 0 aliphatic carbocycles. The van der Waals surface area contributed by atoms with E-state index in [0.29, 0.717) is 19.3 Å². The van der Waals surface area contributed by atoms with Crippen LogP contribution in [-0.2, 0) is 9.47 Å². The number of likely N-dealkylation sites (N-methyl/N-ethyl adjacent to an activating group) is 1. The molecule has 0 radical (unpaired) electrons. The van der Waals surface area contributed by atoms with Crippen molar-refractivity contribution >= 4 is 9.24 Å². The Hall–Kier alpha value is 0.150. The first-order valence-corrected chi connectivity index (χ1v) is 11.0. The largest absolute Gasteiger partial charge is 0.388 e. The zero-order valence-electron chi connectivity index (χ0n) is 17.8. The minimum Gasteiger partial charge on any atom is -0.388 e. The molecule has 7 nitrogen and oxygen atoms in total. The second-order valence-electron chi connectivity index (χ2n) is 7.03. The van der Waals surface area contributed by atoms with E-state index < -0.39 is 42.5 Å². The fraction of sp³-hybridized carbons (Fsp3) is 1.00. The predicted octanol–water partition coefficient (Wildman–Crippen LogP) is 1.32. The molecule has 164 valence electrons. The summed E-state index contributed by atoms with van der Waals surface area (Å²) in [5.74, 6) is 0. The highest BCUT2D eigenvalue weighted by Gasteiger charge is 2.50. The number of rotatable bonds is 15. The van der Waals surface area contributed by atoms with Crippen molar-refractivity contribution in [3.05, 3.63) is 0 Å². The van der Waals surface area contributed by atoms with Gasteiger partial charge in [-0.05, 0) is 52.4 Å². The lowest BCUT2D eigenvalue weighted by atomic mass is 9.78. The smallest absolute Gasteiger partial charge is 0.180 e. The Balaban J connectivity index is 6.19. The molecule has 0 aromatic heterocycles. The summed E-state index contributed by atoms with van der Waals surface area (Å²) in [5.41, 5.74) is -0.638. The Bertz CT molecular complexity index is 357. The van der Waals surface area contributed by atoms with E-state index in [2.05, 4.69) is 28.0 Å². The molecule has 0 saturated heterocycles. The van der Waals surface area contributed by atoms with Crippen LogP contribution in [0.1, 0.15) is 60.8 Å². The molecule has 27 heavy (non-hydrogen) atoms. The lowest BCUT2D eigenvalue weighted by molar-refractivity contribution is -0.260. The predicted molar refractivity (Wildman–Crippen MR) is 111 cm³/mol. The summed E-state index contributed by atoms with van der Waals surface area (Å²) < 4.78 is 11.8. The highest BCUT2D eigenvalue weighted by atomic mass is 31.0. The number of aliphatic hydroxyl groups excluding tert-OH is 4. The lowest BCUT2D eigenvalue weighted by Gasteiger charge is -2.53. The molecule has 0 spiro atoms. The maximum Gasteiger partial charge on any atom is 0.180 e. The molecule has 0 saturated carbocycles. The van der Waals surface area contributed by atoms with Crippen LogP contribution in [0.5, 0.6) is 0 Å². The van der Waals surface area contributed by atoms with E-state index in [0.717, 1.165) is 19.3 Å². The molecule has 0 heterocycles. The van der Waals surface area contributed by atoms with Crippen molar-refractivity contribution in [2.24, 2.45) is 0 Å². The highest BCUT2D eigenvalue weighted by Crippen LogP contribution is 2.37. The first kappa shape index (κ1) is 27.1. The van der Waals surface area contributed by atoms with Gasteiger partial charge in [-0.2, -0.15) is 0 Å². The number of hydrogen-bond acceptors (Lipinski definition) is 7. The van der Waals surface area contributed by atoms with E-state index in [9.17, 15) is 20.4 Å². The van der Waals surface area contributed by atoms with Gasteiger partial charge >= 0.3 is 0 Å². The van der Waals surface area contributed by atoms with Crippen LogP contribution >= 0.6 is 9.24 Å². The molecule has 4 N–H and O–H groups in total. The Morgan fingerprint density at radius 2 is 1.19 bits per heavy atom. The summed E-state index contributed by atoms with van der Waals surface area (Å²) in [6.45, 7) is 12.5. The summed E-state index contributed by atoms with van der Waals surface area (Å²) in [6, 6.07) is 0. The Kier molecular flexibility index (Phi) is 13.5. The first-order chi connectivity index (χ1) is 12.7. The zero-order chi connectivity index (χ0) is 21.2. The topological polar surface area (TPSA) is 103 Å². The van der Waals surface area contributed by atoms with E-state index in [-0.39, 0.29) is 0 Å². The van der Waals surface area contributed by atoms with Crippen LogP contribution in [0, 0.1) is 0 Å². The van der Waals surface area contributed by atoms with Gasteiger partial charge in [0.1, 0.15) is 12.2 Å². The second-order valence-corrected chi connectivity index (χ2v) is 7.61. The Morgan fingerprint density at radius 1 is 0.815 bits per heavy atom. The maximum atomic E-state index is 10.2. The van der Waals surface area contributed by atoms with Gasteiger partial charge in [-0.25, -0.2) is 0 Å². The quantitative estimate of drug-likeness (QED) is 0.238. The van der Waals surface area contributed by atoms with Crippen molar-refractivity contribution in [3.63, 3.8) is 0 Å². The number of hydrogen-bond donors (Lipinski definition) is 4. The van der Waals surface area contributed by atoms with Gasteiger partial charge in [0.2, 0.25) is 0 Å². The van der Waals surface area contributed by atoms with Gasteiger partial charge in [-0.15, -0.1) is 9.24 Å². The lowest BCUT2D eigenvalue weighted by Crippen LogP contribution is -2.66. The van der Waals surface area contributed by atoms with Crippen molar-refractivity contribution in [2.45, 2.75) is 103 Å². The molecule has 0 rings (SSSR count). The summed E-state index contributed by atoms with van der Waals surface area (Å²) in [7, 11) is 2.73. The van der Waals surface area contributed by atoms with E-state index >= 15 is 0 Å². The van der Waals surface area contributed by atoms with Crippen molar-refractivity contribution in [1.29, 1.82) is 0 Å². The van der Waals surface area contributed by atoms with Crippen molar-refractivity contribution in [1.82, 2.24) is 4.90 Å². The molecule has 7 atom stereocenters. The minimum absolute atomic E-state index is 0.436. The average molecular weight is 412 g/mol. The van der Waals surface area contributed by atoms with Crippen LogP contribution in [-0.4, -0.2) is 87.1 Å². The van der Waals surface area contributed by atoms with Crippen molar-refractivity contribution in [3.8, 4) is 0 Å². The van der Waals surface area contributed by atoms with Gasteiger partial charge in [-0.3, -0.25) is 4.90 Å². The molecule has 0 amide bonds. The van der Waals surface area contributed by atoms with Gasteiger partial charge in [0.15, 0.2) is 12.6 Å². The maximum absolute atomic E-state index is 10.2. The van der Waals surface area contributed by atoms with Crippen LogP contribution in [0.3, 0.4) is 0 Å². The summed E-state index contributed by atoms with van der Waals surface area (Å²) in [5, 5.41) is 39.8. The zero-order valence-corrected chi connectivity index (χ0v) is 19.0. The molecule has 0 aromatic carbocycles. The van der Waals surface area contributed by atoms with Gasteiger partial charge in [0, 0.05) is 0 Å². The number of aliphatic hydroxyl groups is 4. The Morgan fingerprint density at radius 3 is 1.41 bits per heavy atom. The van der Waals surface area contributed by atoms with Crippen LogP contribution in [0.25, 0.3) is 0 Å². The first-order valence-electron chi connectivity index (χ1n) is 10.1. The molecule has 8 heteroatoms. The molecule has 0 bridgehead atoms. The van der Waals surface area contributed by atoms with Gasteiger partial charge in [0.05, 0.1) is 17.7 Å². The van der Waals surface area contributed by atoms with E-state index in [1.807, 2.05) is 13.8 Å². The third kappa shape index (κ3) is 7.16. The van der Waals surface area contributed by atoms with E-state index in [1.165, 1.54) is 13.8 Å². The average Bonchev–Trinajstić information content (AvgIpc) is 2.63. The molecule has 0 aliphatic heterocycles. The molecule has 7 unspecified atom stereocenters. The number of nitrogens with zero attached hydrogens (tertiary/aromatic N) is 1. The molecular weight excluding hydrogens is 369 g/mol. The fourth-order valence-corrected chi connectivity index (χ4v) is 4.30. The molecule has 0 fully saturated rings. The molecule has 0 aromatic rings. The van der Waals surface area contributed by atoms with Crippen LogP contribution < -0.4 is 0 Å². The summed E-state index contributed by atoms with van der Waals surface area (Å²) >= 11 is 0. The van der Waals surface area contributed by atoms with Crippen molar-refractivity contribution < 1.29 is 29.9 Å². The molecule has 0 aliphatic rings. The standard InChI is InChI=1S/C19H42NO6P/c1-7-15(25-17(23)13(5)21)19(11-12-27,20(9-3)10-4)16(8-2)26-18(24)14(6)22/h13-18,21-24H,7-12,27H2,1-6H3.